The molecule has 1 aromatic carbocycles. The van der Waals surface area contributed by atoms with Crippen LogP contribution in [-0.4, -0.2) is 27.2 Å². The van der Waals surface area contributed by atoms with E-state index in [2.05, 4.69) is 0 Å². The number of carbonyl (C=O) groups excluding carboxylic acids is 1. The third kappa shape index (κ3) is 4.93. The van der Waals surface area contributed by atoms with Gasteiger partial charge in [0.15, 0.2) is 0 Å². The summed E-state index contributed by atoms with van der Waals surface area (Å²) in [5, 5.41) is 19.7. The number of hydrogen-bond acceptors (Lipinski definition) is 5. The molecule has 4 nitrogen and oxygen atoms in total. The predicted octanol–water partition coefficient (Wildman–Crippen LogP) is 3.85. The second kappa shape index (κ2) is 7.92. The third-order valence-electron chi connectivity index (χ3n) is 3.50. The molecule has 0 radical (unpaired) electrons. The summed E-state index contributed by atoms with van der Waals surface area (Å²) in [7, 11) is 0. The summed E-state index contributed by atoms with van der Waals surface area (Å²) in [5.41, 5.74) is 0.522. The molecule has 0 fully saturated rings. The highest BCUT2D eigenvalue weighted by molar-refractivity contribution is 7.80. The first-order chi connectivity index (χ1) is 11.0. The minimum Gasteiger partial charge on any atom is -0.508 e. The number of aromatic hydroxyl groups is 2. The highest BCUT2D eigenvalue weighted by Crippen LogP contribution is 2.29. The molecule has 1 heterocycles. The summed E-state index contributed by atoms with van der Waals surface area (Å²) in [5.74, 6) is -1.02. The normalized spacial score (nSPS) is 22.6. The lowest BCUT2D eigenvalue weighted by Gasteiger charge is -2.15. The van der Waals surface area contributed by atoms with Crippen LogP contribution in [0, 0.1) is 0 Å². The molecule has 0 aromatic heterocycles. The topological polar surface area (TPSA) is 66.8 Å². The minimum absolute atomic E-state index is 0.0615. The lowest BCUT2D eigenvalue weighted by Crippen LogP contribution is -2.17. The number of thiocarbonyl (C=S) groups is 1. The molecule has 23 heavy (non-hydrogen) atoms. The van der Waals surface area contributed by atoms with Gasteiger partial charge >= 0.3 is 5.97 Å². The minimum atomic E-state index is -0.609. The third-order valence-corrected chi connectivity index (χ3v) is 3.78. The van der Waals surface area contributed by atoms with Gasteiger partial charge in [0.2, 0.25) is 0 Å². The van der Waals surface area contributed by atoms with Crippen LogP contribution in [0.25, 0.3) is 0 Å². The number of phenols is 2. The van der Waals surface area contributed by atoms with Crippen LogP contribution in [0.2, 0.25) is 0 Å². The fourth-order valence-corrected chi connectivity index (χ4v) is 2.65. The second-order valence-electron chi connectivity index (χ2n) is 5.54. The van der Waals surface area contributed by atoms with E-state index in [1.165, 1.54) is 6.07 Å². The monoisotopic (exact) mass is 332 g/mol. The van der Waals surface area contributed by atoms with Gasteiger partial charge in [-0.2, -0.15) is 0 Å². The zero-order chi connectivity index (χ0) is 16.8. The molecule has 5 heteroatoms. The zero-order valence-corrected chi connectivity index (χ0v) is 13.8. The van der Waals surface area contributed by atoms with Crippen LogP contribution in [0.4, 0.5) is 0 Å². The predicted molar refractivity (Wildman–Crippen MR) is 93.1 cm³/mol. The van der Waals surface area contributed by atoms with Gasteiger partial charge in [-0.05, 0) is 31.4 Å². The number of phenolic OH excluding ortho intramolecular Hbond substituents is 2. The van der Waals surface area contributed by atoms with E-state index in [9.17, 15) is 15.0 Å². The first-order valence-electron chi connectivity index (χ1n) is 7.57. The Bertz CT molecular complexity index is 661. The van der Waals surface area contributed by atoms with Gasteiger partial charge in [0.05, 0.1) is 0 Å². The molecule has 0 spiro atoms. The van der Waals surface area contributed by atoms with Crippen molar-refractivity contribution in [2.75, 3.05) is 0 Å². The molecule has 0 saturated heterocycles. The lowest BCUT2D eigenvalue weighted by atomic mass is 10.0. The van der Waals surface area contributed by atoms with Crippen molar-refractivity contribution in [3.05, 3.63) is 47.6 Å². The van der Waals surface area contributed by atoms with Crippen molar-refractivity contribution < 1.29 is 19.7 Å². The van der Waals surface area contributed by atoms with Crippen molar-refractivity contribution in [1.82, 2.24) is 0 Å². The summed E-state index contributed by atoms with van der Waals surface area (Å²) in [4.78, 5) is 13.0. The Balaban J connectivity index is 2.40. The Morgan fingerprint density at radius 2 is 1.91 bits per heavy atom. The number of carbonyl (C=O) groups is 1. The standard InChI is InChI=1S/C18H20O4S/c1-12-7-5-3-2-4-6-8-15(23)10-13-9-14(19)11-16(20)17(13)18(21)22-12/h3,5-6,8-9,11-12,19-20H,2,4,7,10H2,1H3/b5-3+,8-6+. The van der Waals surface area contributed by atoms with E-state index >= 15 is 0 Å². The number of benzene rings is 1. The van der Waals surface area contributed by atoms with Gasteiger partial charge in [-0.1, -0.05) is 36.5 Å². The fraction of sp³-hybridized carbons (Fsp3) is 0.333. The summed E-state index contributed by atoms with van der Waals surface area (Å²) in [6.07, 6.45) is 10.2. The number of rotatable bonds is 0. The Hall–Kier alpha value is -2.14. The summed E-state index contributed by atoms with van der Waals surface area (Å²) < 4.78 is 5.38. The Morgan fingerprint density at radius 3 is 2.70 bits per heavy atom. The van der Waals surface area contributed by atoms with Gasteiger partial charge in [-0.15, -0.1) is 0 Å². The van der Waals surface area contributed by atoms with Crippen molar-refractivity contribution in [2.24, 2.45) is 0 Å². The zero-order valence-electron chi connectivity index (χ0n) is 13.0. The first-order valence-corrected chi connectivity index (χ1v) is 7.98. The van der Waals surface area contributed by atoms with Crippen LogP contribution in [0.3, 0.4) is 0 Å². The van der Waals surface area contributed by atoms with E-state index < -0.39 is 5.97 Å². The average molecular weight is 332 g/mol. The van der Waals surface area contributed by atoms with E-state index in [1.807, 2.05) is 24.3 Å². The van der Waals surface area contributed by atoms with E-state index in [0.29, 0.717) is 16.8 Å². The maximum atomic E-state index is 12.4. The molecule has 0 amide bonds. The molecular weight excluding hydrogens is 312 g/mol. The number of ether oxygens (including phenoxy) is 1. The van der Waals surface area contributed by atoms with Crippen LogP contribution < -0.4 is 0 Å². The van der Waals surface area contributed by atoms with Crippen molar-refractivity contribution >= 4 is 23.1 Å². The number of hydrogen-bond donors (Lipinski definition) is 2. The van der Waals surface area contributed by atoms with Gasteiger partial charge in [0.25, 0.3) is 0 Å². The van der Waals surface area contributed by atoms with Gasteiger partial charge in [-0.3, -0.25) is 0 Å². The number of fused-ring (bicyclic) bond motifs is 1. The number of cyclic esters (lactones) is 1. The van der Waals surface area contributed by atoms with Gasteiger partial charge in [-0.25, -0.2) is 4.79 Å². The molecule has 1 aromatic rings. The van der Waals surface area contributed by atoms with Crippen molar-refractivity contribution in [3.63, 3.8) is 0 Å². The molecule has 1 aliphatic heterocycles. The van der Waals surface area contributed by atoms with Crippen LogP contribution in [0.5, 0.6) is 11.5 Å². The molecule has 0 aliphatic carbocycles. The van der Waals surface area contributed by atoms with Crippen molar-refractivity contribution in [3.8, 4) is 11.5 Å². The average Bonchev–Trinajstić information content (AvgIpc) is 2.44. The van der Waals surface area contributed by atoms with Crippen LogP contribution in [0.1, 0.15) is 42.1 Å². The lowest BCUT2D eigenvalue weighted by molar-refractivity contribution is 0.0343. The van der Waals surface area contributed by atoms with Crippen LogP contribution in [0.15, 0.2) is 36.4 Å². The van der Waals surface area contributed by atoms with Gasteiger partial charge in [0, 0.05) is 23.8 Å². The maximum Gasteiger partial charge on any atom is 0.342 e. The first kappa shape index (κ1) is 17.2. The van der Waals surface area contributed by atoms with E-state index in [4.69, 9.17) is 17.0 Å². The molecule has 2 rings (SSSR count). The highest BCUT2D eigenvalue weighted by Gasteiger charge is 2.21. The smallest absolute Gasteiger partial charge is 0.342 e. The summed E-state index contributed by atoms with van der Waals surface area (Å²) >= 11 is 5.30. The highest BCUT2D eigenvalue weighted by atomic mass is 32.1. The molecule has 2 N–H and O–H groups in total. The number of esters is 1. The van der Waals surface area contributed by atoms with E-state index in [1.54, 1.807) is 6.92 Å². The molecule has 122 valence electrons. The summed E-state index contributed by atoms with van der Waals surface area (Å²) in [6.45, 7) is 1.80. The Kier molecular flexibility index (Phi) is 5.93. The molecule has 1 atom stereocenters. The summed E-state index contributed by atoms with van der Waals surface area (Å²) in [6, 6.07) is 2.57. The Morgan fingerprint density at radius 1 is 1.17 bits per heavy atom. The maximum absolute atomic E-state index is 12.4. The second-order valence-corrected chi connectivity index (χ2v) is 6.07. The van der Waals surface area contributed by atoms with E-state index in [0.717, 1.165) is 18.9 Å². The fourth-order valence-electron chi connectivity index (χ4n) is 2.39. The SMILES string of the molecule is CC1C/C=C/CC/C=C/C(=S)Cc2cc(O)cc(O)c2C(=O)O1. The van der Waals surface area contributed by atoms with Crippen molar-refractivity contribution in [2.45, 2.75) is 38.7 Å². The molecule has 1 unspecified atom stereocenters. The van der Waals surface area contributed by atoms with Crippen LogP contribution in [-0.2, 0) is 11.2 Å². The molecule has 0 saturated carbocycles. The number of allylic oxidation sites excluding steroid dienone is 3. The molecular formula is C18H20O4S. The van der Waals surface area contributed by atoms with E-state index in [-0.39, 0.29) is 29.6 Å². The molecule has 0 bridgehead atoms. The Labute approximate surface area is 141 Å². The molecule has 1 aliphatic rings. The largest absolute Gasteiger partial charge is 0.508 e. The quantitative estimate of drug-likeness (QED) is 0.429. The van der Waals surface area contributed by atoms with Crippen molar-refractivity contribution in [1.29, 1.82) is 0 Å². The van der Waals surface area contributed by atoms with Gasteiger partial charge < -0.3 is 14.9 Å². The van der Waals surface area contributed by atoms with Gasteiger partial charge in [0.1, 0.15) is 23.2 Å². The van der Waals surface area contributed by atoms with Crippen LogP contribution >= 0.6 is 12.2 Å².